The van der Waals surface area contributed by atoms with Crippen LogP contribution in [0.4, 0.5) is 4.79 Å². The zero-order valence-electron chi connectivity index (χ0n) is 9.61. The summed E-state index contributed by atoms with van der Waals surface area (Å²) in [4.78, 5) is 35.3. The van der Waals surface area contributed by atoms with Crippen LogP contribution in [0.1, 0.15) is 19.8 Å². The second kappa shape index (κ2) is 5.86. The number of imide groups is 1. The lowest BCUT2D eigenvalue weighted by atomic mass is 9.93. The van der Waals surface area contributed by atoms with Crippen LogP contribution in [-0.4, -0.2) is 41.2 Å². The molecule has 7 heteroatoms. The van der Waals surface area contributed by atoms with Crippen LogP contribution in [-0.2, 0) is 9.59 Å². The Kier molecular flexibility index (Phi) is 4.74. The Labute approximate surface area is 104 Å². The molecule has 1 rings (SSSR count). The number of likely N-dealkylation sites (tertiary alicyclic amines) is 1. The number of hydrogen-bond acceptors (Lipinski definition) is 3. The number of carbonyl (C=O) groups excluding carboxylic acids is 3. The number of piperidine rings is 1. The van der Waals surface area contributed by atoms with Crippen LogP contribution in [0.5, 0.6) is 0 Å². The minimum atomic E-state index is -0.551. The molecule has 0 radical (unpaired) electrons. The Morgan fingerprint density at radius 3 is 2.59 bits per heavy atom. The molecule has 4 amide bonds. The molecule has 1 aliphatic rings. The first-order chi connectivity index (χ1) is 7.95. The normalized spacial score (nSPS) is 24.2. The van der Waals surface area contributed by atoms with Crippen LogP contribution in [0, 0.1) is 5.92 Å². The number of alkyl halides is 1. The maximum Gasteiger partial charge on any atom is 0.324 e. The molecule has 1 saturated heterocycles. The number of halogens is 1. The average Bonchev–Trinajstić information content (AvgIpc) is 2.28. The topological polar surface area (TPSA) is 92.5 Å². The van der Waals surface area contributed by atoms with E-state index in [0.717, 1.165) is 0 Å². The smallest absolute Gasteiger partial charge is 0.324 e. The molecule has 0 spiro atoms. The third kappa shape index (κ3) is 3.59. The Bertz CT molecular complexity index is 335. The molecule has 2 unspecified atom stereocenters. The number of urea groups is 1. The van der Waals surface area contributed by atoms with Gasteiger partial charge in [-0.2, -0.15) is 0 Å². The first kappa shape index (κ1) is 13.8. The molecule has 2 atom stereocenters. The fraction of sp³-hybridized carbons (Fsp3) is 0.700. The van der Waals surface area contributed by atoms with Crippen molar-refractivity contribution in [3.8, 4) is 0 Å². The van der Waals surface area contributed by atoms with Crippen LogP contribution in [0.2, 0.25) is 0 Å². The summed E-state index contributed by atoms with van der Waals surface area (Å²) in [5.41, 5.74) is 5.22. The molecular formula is C10H16ClN3O3. The monoisotopic (exact) mass is 261 g/mol. The molecule has 1 fully saturated rings. The van der Waals surface area contributed by atoms with Gasteiger partial charge in [-0.05, 0) is 19.8 Å². The van der Waals surface area contributed by atoms with E-state index in [0.29, 0.717) is 12.8 Å². The summed E-state index contributed by atoms with van der Waals surface area (Å²) in [6.45, 7) is 2.11. The van der Waals surface area contributed by atoms with Gasteiger partial charge in [0.25, 0.3) is 0 Å². The Morgan fingerprint density at radius 1 is 1.41 bits per heavy atom. The molecule has 17 heavy (non-hydrogen) atoms. The number of rotatable bonds is 2. The van der Waals surface area contributed by atoms with E-state index in [2.05, 4.69) is 5.32 Å². The highest BCUT2D eigenvalue weighted by atomic mass is 35.5. The maximum absolute atomic E-state index is 11.7. The van der Waals surface area contributed by atoms with E-state index in [4.69, 9.17) is 17.3 Å². The van der Waals surface area contributed by atoms with Gasteiger partial charge < -0.3 is 10.6 Å². The van der Waals surface area contributed by atoms with E-state index >= 15 is 0 Å². The van der Waals surface area contributed by atoms with Gasteiger partial charge in [-0.1, -0.05) is 0 Å². The van der Waals surface area contributed by atoms with Crippen LogP contribution in [0.15, 0.2) is 0 Å². The van der Waals surface area contributed by atoms with E-state index in [1.807, 2.05) is 6.92 Å². The third-order valence-corrected chi connectivity index (χ3v) is 3.16. The third-order valence-electron chi connectivity index (χ3n) is 2.91. The number of amides is 4. The van der Waals surface area contributed by atoms with Crippen molar-refractivity contribution < 1.29 is 14.4 Å². The average molecular weight is 262 g/mol. The molecule has 1 heterocycles. The summed E-state index contributed by atoms with van der Waals surface area (Å²) in [5.74, 6) is -1.58. The number of primary amides is 1. The predicted molar refractivity (Wildman–Crippen MR) is 62.3 cm³/mol. The van der Waals surface area contributed by atoms with E-state index in [1.165, 1.54) is 4.90 Å². The number of carbonyl (C=O) groups is 3. The van der Waals surface area contributed by atoms with E-state index in [1.54, 1.807) is 0 Å². The number of nitrogens with two attached hydrogens (primary N) is 1. The van der Waals surface area contributed by atoms with Gasteiger partial charge >= 0.3 is 6.03 Å². The minimum Gasteiger partial charge on any atom is -0.369 e. The van der Waals surface area contributed by atoms with Crippen LogP contribution in [0.3, 0.4) is 0 Å². The Morgan fingerprint density at radius 2 is 2.06 bits per heavy atom. The van der Waals surface area contributed by atoms with Gasteiger partial charge in [-0.3, -0.25) is 14.9 Å². The summed E-state index contributed by atoms with van der Waals surface area (Å²) in [5, 5.41) is 2.15. The van der Waals surface area contributed by atoms with Gasteiger partial charge in [-0.25, -0.2) is 4.79 Å². The van der Waals surface area contributed by atoms with Gasteiger partial charge in [0.05, 0.1) is 5.92 Å². The van der Waals surface area contributed by atoms with Crippen molar-refractivity contribution in [1.29, 1.82) is 0 Å². The highest BCUT2D eigenvalue weighted by molar-refractivity contribution is 6.28. The molecule has 96 valence electrons. The first-order valence-electron chi connectivity index (χ1n) is 5.41. The lowest BCUT2D eigenvalue weighted by Gasteiger charge is -2.36. The number of nitrogens with one attached hydrogen (secondary N) is 1. The lowest BCUT2D eigenvalue weighted by molar-refractivity contribution is -0.123. The molecular weight excluding hydrogens is 246 g/mol. The molecule has 0 aromatic heterocycles. The molecule has 3 N–H and O–H groups in total. The zero-order chi connectivity index (χ0) is 13.0. The van der Waals surface area contributed by atoms with E-state index < -0.39 is 17.8 Å². The van der Waals surface area contributed by atoms with Crippen LogP contribution >= 0.6 is 11.6 Å². The fourth-order valence-corrected chi connectivity index (χ4v) is 1.91. The quantitative estimate of drug-likeness (QED) is 0.688. The molecule has 0 saturated carbocycles. The van der Waals surface area contributed by atoms with Crippen molar-refractivity contribution >= 4 is 29.4 Å². The van der Waals surface area contributed by atoms with Crippen molar-refractivity contribution in [1.82, 2.24) is 10.2 Å². The summed E-state index contributed by atoms with van der Waals surface area (Å²) in [6.07, 6.45) is 1.36. The molecule has 0 aromatic rings. The van der Waals surface area contributed by atoms with Crippen molar-refractivity contribution in [2.75, 3.05) is 12.4 Å². The van der Waals surface area contributed by atoms with Crippen molar-refractivity contribution in [3.63, 3.8) is 0 Å². The second-order valence-corrected chi connectivity index (χ2v) is 4.43. The summed E-state index contributed by atoms with van der Waals surface area (Å²) in [6, 6.07) is -0.539. The molecule has 0 aliphatic carbocycles. The highest BCUT2D eigenvalue weighted by Gasteiger charge is 2.32. The Balaban J connectivity index is 2.63. The predicted octanol–water partition coefficient (Wildman–Crippen LogP) is 0.0472. The van der Waals surface area contributed by atoms with E-state index in [-0.39, 0.29) is 24.4 Å². The van der Waals surface area contributed by atoms with Crippen molar-refractivity contribution in [3.05, 3.63) is 0 Å². The number of nitrogens with zero attached hydrogens (tertiary/aromatic N) is 1. The van der Waals surface area contributed by atoms with Crippen LogP contribution in [0.25, 0.3) is 0 Å². The highest BCUT2D eigenvalue weighted by Crippen LogP contribution is 2.21. The van der Waals surface area contributed by atoms with Crippen molar-refractivity contribution in [2.45, 2.75) is 25.8 Å². The second-order valence-electron chi connectivity index (χ2n) is 4.16. The molecule has 1 aliphatic heterocycles. The van der Waals surface area contributed by atoms with Gasteiger partial charge in [0.1, 0.15) is 5.88 Å². The lowest BCUT2D eigenvalue weighted by Crippen LogP contribution is -2.53. The van der Waals surface area contributed by atoms with Gasteiger partial charge in [-0.15, -0.1) is 11.6 Å². The van der Waals surface area contributed by atoms with Gasteiger partial charge in [0, 0.05) is 12.6 Å². The van der Waals surface area contributed by atoms with Gasteiger partial charge in [0.2, 0.25) is 11.8 Å². The SMILES string of the molecule is CC1CCC(C(N)=O)CN1C(=O)NC(=O)CCl. The standard InChI is InChI=1S/C10H16ClN3O3/c1-6-2-3-7(9(12)16)5-14(6)10(17)13-8(15)4-11/h6-7H,2-5H2,1H3,(H2,12,16)(H,13,15,17). The van der Waals surface area contributed by atoms with Crippen molar-refractivity contribution in [2.24, 2.45) is 11.7 Å². The minimum absolute atomic E-state index is 0.0197. The summed E-state index contributed by atoms with van der Waals surface area (Å²) in [7, 11) is 0. The number of hydrogen-bond donors (Lipinski definition) is 2. The maximum atomic E-state index is 11.7. The summed E-state index contributed by atoms with van der Waals surface area (Å²) < 4.78 is 0. The van der Waals surface area contributed by atoms with Gasteiger partial charge in [0.15, 0.2) is 0 Å². The largest absolute Gasteiger partial charge is 0.369 e. The van der Waals surface area contributed by atoms with Crippen LogP contribution < -0.4 is 11.1 Å². The first-order valence-corrected chi connectivity index (χ1v) is 5.95. The summed E-state index contributed by atoms with van der Waals surface area (Å²) >= 11 is 5.29. The zero-order valence-corrected chi connectivity index (χ0v) is 10.4. The molecule has 0 aromatic carbocycles. The van der Waals surface area contributed by atoms with E-state index in [9.17, 15) is 14.4 Å². The Hall–Kier alpha value is -1.30. The molecule has 0 bridgehead atoms. The molecule has 6 nitrogen and oxygen atoms in total. The fourth-order valence-electron chi connectivity index (χ4n) is 1.85.